The number of aromatic nitrogens is 1. The van der Waals surface area contributed by atoms with Gasteiger partial charge in [0.15, 0.2) is 0 Å². The third-order valence-corrected chi connectivity index (χ3v) is 2.40. The lowest BCUT2D eigenvalue weighted by Gasteiger charge is -2.16. The Morgan fingerprint density at radius 1 is 1.57 bits per heavy atom. The molecule has 0 radical (unpaired) electrons. The molecule has 72 valence electrons. The van der Waals surface area contributed by atoms with Gasteiger partial charge in [-0.3, -0.25) is 0 Å². The predicted octanol–water partition coefficient (Wildman–Crippen LogP) is 0.491. The zero-order valence-electron chi connectivity index (χ0n) is 7.85. The molecule has 1 atom stereocenters. The van der Waals surface area contributed by atoms with Crippen LogP contribution in [0.2, 0.25) is 0 Å². The molecule has 2 N–H and O–H groups in total. The van der Waals surface area contributed by atoms with Crippen molar-refractivity contribution in [2.45, 2.75) is 12.5 Å². The van der Waals surface area contributed by atoms with Gasteiger partial charge in [0.05, 0.1) is 0 Å². The predicted molar refractivity (Wildman–Crippen MR) is 53.8 cm³/mol. The van der Waals surface area contributed by atoms with E-state index in [4.69, 9.17) is 11.0 Å². The SMILES string of the molecule is N#Cc1cccc(N2CC[C@H](N)C2)n1. The summed E-state index contributed by atoms with van der Waals surface area (Å²) in [5, 5.41) is 8.70. The fourth-order valence-corrected chi connectivity index (χ4v) is 1.66. The molecule has 0 bridgehead atoms. The molecule has 1 aromatic rings. The number of hydrogen-bond acceptors (Lipinski definition) is 4. The van der Waals surface area contributed by atoms with E-state index in [0.29, 0.717) is 5.69 Å². The summed E-state index contributed by atoms with van der Waals surface area (Å²) in [6.07, 6.45) is 0.998. The molecule has 0 aliphatic carbocycles. The van der Waals surface area contributed by atoms with E-state index in [9.17, 15) is 0 Å². The minimum atomic E-state index is 0.238. The van der Waals surface area contributed by atoms with Gasteiger partial charge in [-0.2, -0.15) is 5.26 Å². The Balaban J connectivity index is 2.20. The van der Waals surface area contributed by atoms with Crippen LogP contribution in [0.25, 0.3) is 0 Å². The van der Waals surface area contributed by atoms with Crippen molar-refractivity contribution in [3.8, 4) is 6.07 Å². The Morgan fingerprint density at radius 2 is 2.43 bits per heavy atom. The fraction of sp³-hybridized carbons (Fsp3) is 0.400. The molecule has 0 aromatic carbocycles. The second-order valence-corrected chi connectivity index (χ2v) is 3.49. The minimum absolute atomic E-state index is 0.238. The van der Waals surface area contributed by atoms with E-state index in [1.165, 1.54) is 0 Å². The Kier molecular flexibility index (Phi) is 2.33. The highest BCUT2D eigenvalue weighted by Crippen LogP contribution is 2.16. The van der Waals surface area contributed by atoms with Crippen LogP contribution in [0.5, 0.6) is 0 Å². The van der Waals surface area contributed by atoms with Gasteiger partial charge in [-0.15, -0.1) is 0 Å². The van der Waals surface area contributed by atoms with Gasteiger partial charge in [0.25, 0.3) is 0 Å². The summed E-state index contributed by atoms with van der Waals surface area (Å²) < 4.78 is 0. The summed E-state index contributed by atoms with van der Waals surface area (Å²) in [5.74, 6) is 0.858. The zero-order valence-corrected chi connectivity index (χ0v) is 7.85. The molecule has 1 saturated heterocycles. The number of nitrogens with zero attached hydrogens (tertiary/aromatic N) is 3. The van der Waals surface area contributed by atoms with Crippen molar-refractivity contribution in [1.29, 1.82) is 5.26 Å². The van der Waals surface area contributed by atoms with Crippen LogP contribution < -0.4 is 10.6 Å². The van der Waals surface area contributed by atoms with E-state index >= 15 is 0 Å². The van der Waals surface area contributed by atoms with E-state index in [1.54, 1.807) is 6.07 Å². The summed E-state index contributed by atoms with van der Waals surface area (Å²) in [6, 6.07) is 7.75. The number of hydrogen-bond donors (Lipinski definition) is 1. The van der Waals surface area contributed by atoms with Crippen LogP contribution >= 0.6 is 0 Å². The average molecular weight is 188 g/mol. The third kappa shape index (κ3) is 1.68. The topological polar surface area (TPSA) is 65.9 Å². The van der Waals surface area contributed by atoms with Crippen LogP contribution in [0.1, 0.15) is 12.1 Å². The zero-order chi connectivity index (χ0) is 9.97. The monoisotopic (exact) mass is 188 g/mol. The third-order valence-electron chi connectivity index (χ3n) is 2.40. The Bertz CT molecular complexity index is 369. The Hall–Kier alpha value is -1.60. The van der Waals surface area contributed by atoms with Crippen molar-refractivity contribution in [3.05, 3.63) is 23.9 Å². The molecule has 0 spiro atoms. The molecule has 0 amide bonds. The highest BCUT2D eigenvalue weighted by Gasteiger charge is 2.19. The van der Waals surface area contributed by atoms with E-state index in [-0.39, 0.29) is 6.04 Å². The first-order valence-electron chi connectivity index (χ1n) is 4.67. The van der Waals surface area contributed by atoms with Crippen LogP contribution in [0.3, 0.4) is 0 Å². The first kappa shape index (κ1) is 8.97. The largest absolute Gasteiger partial charge is 0.355 e. The van der Waals surface area contributed by atoms with Crippen molar-refractivity contribution in [1.82, 2.24) is 4.98 Å². The van der Waals surface area contributed by atoms with Crippen molar-refractivity contribution < 1.29 is 0 Å². The van der Waals surface area contributed by atoms with E-state index in [2.05, 4.69) is 9.88 Å². The molecule has 2 heterocycles. The summed E-state index contributed by atoms with van der Waals surface area (Å²) in [5.41, 5.74) is 6.26. The Labute approximate surface area is 83.0 Å². The lowest BCUT2D eigenvalue weighted by Crippen LogP contribution is -2.26. The van der Waals surface area contributed by atoms with Gasteiger partial charge in [0.2, 0.25) is 0 Å². The quantitative estimate of drug-likeness (QED) is 0.696. The molecule has 1 fully saturated rings. The van der Waals surface area contributed by atoms with Crippen molar-refractivity contribution in [3.63, 3.8) is 0 Å². The maximum Gasteiger partial charge on any atom is 0.142 e. The molecular weight excluding hydrogens is 176 g/mol. The maximum atomic E-state index is 8.70. The molecule has 1 aliphatic rings. The molecule has 1 aromatic heterocycles. The molecule has 14 heavy (non-hydrogen) atoms. The lowest BCUT2D eigenvalue weighted by atomic mass is 10.3. The normalized spacial score (nSPS) is 20.9. The lowest BCUT2D eigenvalue weighted by molar-refractivity contribution is 0.751. The van der Waals surface area contributed by atoms with Crippen molar-refractivity contribution in [2.75, 3.05) is 18.0 Å². The number of nitrogens with two attached hydrogens (primary N) is 1. The van der Waals surface area contributed by atoms with Crippen molar-refractivity contribution >= 4 is 5.82 Å². The highest BCUT2D eigenvalue weighted by molar-refractivity contribution is 5.42. The second kappa shape index (κ2) is 3.64. The first-order chi connectivity index (χ1) is 6.79. The fourth-order valence-electron chi connectivity index (χ4n) is 1.66. The van der Waals surface area contributed by atoms with Crippen LogP contribution in [0, 0.1) is 11.3 Å². The van der Waals surface area contributed by atoms with Crippen LogP contribution in [0.4, 0.5) is 5.82 Å². The molecular formula is C10H12N4. The van der Waals surface area contributed by atoms with Crippen LogP contribution in [0.15, 0.2) is 18.2 Å². The van der Waals surface area contributed by atoms with Crippen LogP contribution in [-0.4, -0.2) is 24.1 Å². The molecule has 0 unspecified atom stereocenters. The maximum absolute atomic E-state index is 8.70. The molecule has 4 nitrogen and oxygen atoms in total. The highest BCUT2D eigenvalue weighted by atomic mass is 15.2. The van der Waals surface area contributed by atoms with Gasteiger partial charge in [-0.1, -0.05) is 6.07 Å². The summed E-state index contributed by atoms with van der Waals surface area (Å²) in [7, 11) is 0. The van der Waals surface area contributed by atoms with Gasteiger partial charge < -0.3 is 10.6 Å². The number of anilines is 1. The molecule has 0 saturated carbocycles. The second-order valence-electron chi connectivity index (χ2n) is 3.49. The van der Waals surface area contributed by atoms with Crippen molar-refractivity contribution in [2.24, 2.45) is 5.73 Å². The standard InChI is InChI=1S/C10H12N4/c11-6-9-2-1-3-10(13-9)14-5-4-8(12)7-14/h1-3,8H,4-5,7,12H2/t8-/m0/s1. The Morgan fingerprint density at radius 3 is 3.07 bits per heavy atom. The van der Waals surface area contributed by atoms with E-state index in [1.807, 2.05) is 18.2 Å². The van der Waals surface area contributed by atoms with Gasteiger partial charge in [0, 0.05) is 19.1 Å². The number of rotatable bonds is 1. The minimum Gasteiger partial charge on any atom is -0.355 e. The van der Waals surface area contributed by atoms with E-state index < -0.39 is 0 Å². The smallest absolute Gasteiger partial charge is 0.142 e. The summed E-state index contributed by atoms with van der Waals surface area (Å²) in [4.78, 5) is 6.33. The summed E-state index contributed by atoms with van der Waals surface area (Å²) in [6.45, 7) is 1.77. The van der Waals surface area contributed by atoms with Crippen LogP contribution in [-0.2, 0) is 0 Å². The summed E-state index contributed by atoms with van der Waals surface area (Å²) >= 11 is 0. The first-order valence-corrected chi connectivity index (χ1v) is 4.67. The number of nitriles is 1. The van der Waals surface area contributed by atoms with E-state index in [0.717, 1.165) is 25.3 Å². The van der Waals surface area contributed by atoms with Gasteiger partial charge >= 0.3 is 0 Å². The van der Waals surface area contributed by atoms with Gasteiger partial charge in [0.1, 0.15) is 17.6 Å². The molecule has 2 rings (SSSR count). The molecule has 4 heteroatoms. The average Bonchev–Trinajstić information content (AvgIpc) is 2.65. The molecule has 1 aliphatic heterocycles. The van der Waals surface area contributed by atoms with Gasteiger partial charge in [-0.25, -0.2) is 4.98 Å². The number of pyridine rings is 1. The van der Waals surface area contributed by atoms with Gasteiger partial charge in [-0.05, 0) is 18.6 Å².